The van der Waals surface area contributed by atoms with Gasteiger partial charge in [-0.15, -0.1) is 0 Å². The topological polar surface area (TPSA) is 29.9 Å². The number of aryl methyl sites for hydroxylation is 1. The number of nitrogens with zero attached hydrogens (tertiary/aromatic N) is 2. The normalized spacial score (nSPS) is 25.3. The number of rotatable bonds is 1. The van der Waals surface area contributed by atoms with Gasteiger partial charge in [-0.2, -0.15) is 0 Å². The zero-order valence-corrected chi connectivity index (χ0v) is 10.5. The van der Waals surface area contributed by atoms with Gasteiger partial charge in [0.25, 0.3) is 0 Å². The van der Waals surface area contributed by atoms with E-state index in [0.29, 0.717) is 12.0 Å². The first-order valence-electron chi connectivity index (χ1n) is 6.42. The van der Waals surface area contributed by atoms with Crippen LogP contribution in [0.5, 0.6) is 0 Å². The second kappa shape index (κ2) is 4.15. The second-order valence-electron chi connectivity index (χ2n) is 5.07. The lowest BCUT2D eigenvalue weighted by Gasteiger charge is -2.29. The Labute approximate surface area is 102 Å². The van der Waals surface area contributed by atoms with Gasteiger partial charge in [0.1, 0.15) is 5.82 Å². The number of imidazole rings is 1. The zero-order valence-electron chi connectivity index (χ0n) is 10.5. The quantitative estimate of drug-likeness (QED) is 0.814. The molecule has 90 valence electrons. The molecule has 2 aromatic rings. The van der Waals surface area contributed by atoms with Gasteiger partial charge < -0.3 is 9.88 Å². The predicted octanol–water partition coefficient (Wildman–Crippen LogP) is 2.63. The molecule has 1 aliphatic heterocycles. The standard InChI is InChI=1S/C14H19N3/c1-10-6-5-9-15-13(10)14-16-11-7-3-4-8-12(11)17(14)2/h3-4,7-8,10,13,15H,5-6,9H2,1-2H3. The number of hydrogen-bond donors (Lipinski definition) is 1. The van der Waals surface area contributed by atoms with Gasteiger partial charge in [0.05, 0.1) is 17.1 Å². The molecule has 0 aliphatic carbocycles. The number of nitrogens with one attached hydrogen (secondary N) is 1. The largest absolute Gasteiger partial charge is 0.330 e. The fraction of sp³-hybridized carbons (Fsp3) is 0.500. The molecule has 0 bridgehead atoms. The highest BCUT2D eigenvalue weighted by Crippen LogP contribution is 2.29. The first-order chi connectivity index (χ1) is 8.27. The molecule has 0 radical (unpaired) electrons. The van der Waals surface area contributed by atoms with Crippen LogP contribution in [0, 0.1) is 5.92 Å². The Morgan fingerprint density at radius 3 is 2.94 bits per heavy atom. The highest BCUT2D eigenvalue weighted by atomic mass is 15.1. The third kappa shape index (κ3) is 1.75. The third-order valence-electron chi connectivity index (χ3n) is 3.87. The van der Waals surface area contributed by atoms with Gasteiger partial charge in [-0.1, -0.05) is 19.1 Å². The maximum Gasteiger partial charge on any atom is 0.127 e. The van der Waals surface area contributed by atoms with Gasteiger partial charge in [-0.05, 0) is 37.4 Å². The summed E-state index contributed by atoms with van der Waals surface area (Å²) in [6.07, 6.45) is 2.57. The Hall–Kier alpha value is -1.35. The first-order valence-corrected chi connectivity index (χ1v) is 6.42. The minimum absolute atomic E-state index is 0.404. The molecule has 3 nitrogen and oxygen atoms in total. The number of benzene rings is 1. The fourth-order valence-corrected chi connectivity index (χ4v) is 2.84. The van der Waals surface area contributed by atoms with Crippen LogP contribution >= 0.6 is 0 Å². The van der Waals surface area contributed by atoms with Gasteiger partial charge in [0.2, 0.25) is 0 Å². The molecule has 0 amide bonds. The summed E-state index contributed by atoms with van der Waals surface area (Å²) in [6, 6.07) is 8.76. The van der Waals surface area contributed by atoms with Gasteiger partial charge >= 0.3 is 0 Å². The van der Waals surface area contributed by atoms with Crippen LogP contribution in [0.25, 0.3) is 11.0 Å². The third-order valence-corrected chi connectivity index (χ3v) is 3.87. The van der Waals surface area contributed by atoms with Crippen LogP contribution in [0.4, 0.5) is 0 Å². The molecule has 1 aliphatic rings. The lowest BCUT2D eigenvalue weighted by molar-refractivity contribution is 0.291. The summed E-state index contributed by atoms with van der Waals surface area (Å²) in [5, 5.41) is 3.60. The Kier molecular flexibility index (Phi) is 2.63. The molecule has 2 unspecified atom stereocenters. The Morgan fingerprint density at radius 2 is 2.18 bits per heavy atom. The van der Waals surface area contributed by atoms with Gasteiger partial charge in [0, 0.05) is 7.05 Å². The Bertz CT molecular complexity index is 529. The van der Waals surface area contributed by atoms with E-state index in [4.69, 9.17) is 4.98 Å². The predicted molar refractivity (Wildman–Crippen MR) is 69.9 cm³/mol. The lowest BCUT2D eigenvalue weighted by atomic mass is 9.92. The van der Waals surface area contributed by atoms with Crippen molar-refractivity contribution in [3.8, 4) is 0 Å². The van der Waals surface area contributed by atoms with Crippen LogP contribution in [-0.2, 0) is 7.05 Å². The van der Waals surface area contributed by atoms with E-state index in [1.54, 1.807) is 0 Å². The summed E-state index contributed by atoms with van der Waals surface area (Å²) in [4.78, 5) is 4.79. The smallest absolute Gasteiger partial charge is 0.127 e. The van der Waals surface area contributed by atoms with E-state index < -0.39 is 0 Å². The van der Waals surface area contributed by atoms with Gasteiger partial charge in [-0.25, -0.2) is 4.98 Å². The number of hydrogen-bond acceptors (Lipinski definition) is 2. The fourth-order valence-electron chi connectivity index (χ4n) is 2.84. The average molecular weight is 229 g/mol. The molecule has 1 N–H and O–H groups in total. The summed E-state index contributed by atoms with van der Waals surface area (Å²) < 4.78 is 2.23. The van der Waals surface area contributed by atoms with Crippen LogP contribution < -0.4 is 5.32 Å². The molecule has 0 saturated carbocycles. The minimum atomic E-state index is 0.404. The van der Waals surface area contributed by atoms with Crippen molar-refractivity contribution in [3.63, 3.8) is 0 Å². The molecule has 2 atom stereocenters. The minimum Gasteiger partial charge on any atom is -0.330 e. The molecule has 2 heterocycles. The van der Waals surface area contributed by atoms with Gasteiger partial charge in [0.15, 0.2) is 0 Å². The molecular weight excluding hydrogens is 210 g/mol. The summed E-state index contributed by atoms with van der Waals surface area (Å²) in [5.74, 6) is 1.85. The van der Waals surface area contributed by atoms with E-state index in [0.717, 1.165) is 12.1 Å². The van der Waals surface area contributed by atoms with E-state index in [-0.39, 0.29) is 0 Å². The lowest BCUT2D eigenvalue weighted by Crippen LogP contribution is -2.34. The number of para-hydroxylation sites is 2. The molecule has 1 fully saturated rings. The van der Waals surface area contributed by atoms with Crippen LogP contribution in [0.3, 0.4) is 0 Å². The highest BCUT2D eigenvalue weighted by molar-refractivity contribution is 5.75. The van der Waals surface area contributed by atoms with Crippen LogP contribution in [0.2, 0.25) is 0 Å². The summed E-state index contributed by atoms with van der Waals surface area (Å²) in [5.41, 5.74) is 2.33. The zero-order chi connectivity index (χ0) is 11.8. The monoisotopic (exact) mass is 229 g/mol. The summed E-state index contributed by atoms with van der Waals surface area (Å²) in [7, 11) is 2.12. The van der Waals surface area contributed by atoms with Crippen molar-refractivity contribution in [3.05, 3.63) is 30.1 Å². The van der Waals surface area contributed by atoms with Crippen LogP contribution in [-0.4, -0.2) is 16.1 Å². The van der Waals surface area contributed by atoms with E-state index in [1.165, 1.54) is 24.2 Å². The van der Waals surface area contributed by atoms with E-state index in [2.05, 4.69) is 48.1 Å². The van der Waals surface area contributed by atoms with Crippen molar-refractivity contribution in [1.82, 2.24) is 14.9 Å². The number of aromatic nitrogens is 2. The van der Waals surface area contributed by atoms with Gasteiger partial charge in [-0.3, -0.25) is 0 Å². The SMILES string of the molecule is CC1CCCNC1c1nc2ccccc2n1C. The van der Waals surface area contributed by atoms with Crippen LogP contribution in [0.1, 0.15) is 31.6 Å². The highest BCUT2D eigenvalue weighted by Gasteiger charge is 2.26. The Morgan fingerprint density at radius 1 is 1.35 bits per heavy atom. The maximum absolute atomic E-state index is 4.79. The summed E-state index contributed by atoms with van der Waals surface area (Å²) >= 11 is 0. The van der Waals surface area contributed by atoms with Crippen molar-refractivity contribution in [2.24, 2.45) is 13.0 Å². The number of fused-ring (bicyclic) bond motifs is 1. The molecule has 1 aromatic carbocycles. The molecule has 0 spiro atoms. The first kappa shape index (κ1) is 10.8. The van der Waals surface area contributed by atoms with Crippen molar-refractivity contribution in [2.45, 2.75) is 25.8 Å². The van der Waals surface area contributed by atoms with E-state index in [1.807, 2.05) is 0 Å². The van der Waals surface area contributed by atoms with Crippen molar-refractivity contribution < 1.29 is 0 Å². The van der Waals surface area contributed by atoms with Crippen molar-refractivity contribution in [2.75, 3.05) is 6.54 Å². The molecule has 1 saturated heterocycles. The second-order valence-corrected chi connectivity index (χ2v) is 5.07. The maximum atomic E-state index is 4.79. The summed E-state index contributed by atoms with van der Waals surface area (Å²) in [6.45, 7) is 3.42. The average Bonchev–Trinajstić information content (AvgIpc) is 2.68. The van der Waals surface area contributed by atoms with Crippen LogP contribution in [0.15, 0.2) is 24.3 Å². The van der Waals surface area contributed by atoms with E-state index in [9.17, 15) is 0 Å². The van der Waals surface area contributed by atoms with E-state index >= 15 is 0 Å². The molecule has 3 rings (SSSR count). The Balaban J connectivity index is 2.07. The molecule has 17 heavy (non-hydrogen) atoms. The molecule has 1 aromatic heterocycles. The molecular formula is C14H19N3. The number of piperidine rings is 1. The van der Waals surface area contributed by atoms with Crippen molar-refractivity contribution in [1.29, 1.82) is 0 Å². The molecule has 3 heteroatoms. The van der Waals surface area contributed by atoms with Crippen molar-refractivity contribution >= 4 is 11.0 Å².